The van der Waals surface area contributed by atoms with Crippen molar-refractivity contribution in [1.29, 1.82) is 0 Å². The second kappa shape index (κ2) is 6.88. The molecule has 0 aliphatic carbocycles. The summed E-state index contributed by atoms with van der Waals surface area (Å²) >= 11 is 1.48. The van der Waals surface area contributed by atoms with Gasteiger partial charge in [0.05, 0.1) is 5.56 Å². The number of thioether (sulfide) groups is 1. The fourth-order valence-corrected chi connectivity index (χ4v) is 3.26. The molecule has 130 valence electrons. The summed E-state index contributed by atoms with van der Waals surface area (Å²) in [5.41, 5.74) is 2.95. The standard InChI is InChI=1S/C19H21FN4S/c1-19(2,3)14-10-8-13(9-11-14)12-25-18-23-22-17(24(18)21)15-6-4-5-7-16(15)20/h4-11H,12,21H2,1-3H3. The van der Waals surface area contributed by atoms with E-state index in [0.717, 1.165) is 5.75 Å². The number of aromatic nitrogens is 3. The van der Waals surface area contributed by atoms with Crippen molar-refractivity contribution in [3.05, 3.63) is 65.5 Å². The van der Waals surface area contributed by atoms with Gasteiger partial charge in [-0.2, -0.15) is 0 Å². The number of hydrogen-bond donors (Lipinski definition) is 1. The zero-order chi connectivity index (χ0) is 18.0. The number of halogens is 1. The molecule has 0 radical (unpaired) electrons. The Bertz CT molecular complexity index is 866. The van der Waals surface area contributed by atoms with E-state index < -0.39 is 0 Å². The quantitative estimate of drug-likeness (QED) is 0.556. The van der Waals surface area contributed by atoms with Crippen LogP contribution < -0.4 is 5.84 Å². The summed E-state index contributed by atoms with van der Waals surface area (Å²) in [6, 6.07) is 14.9. The van der Waals surface area contributed by atoms with E-state index in [1.807, 2.05) is 0 Å². The molecule has 0 aliphatic heterocycles. The minimum atomic E-state index is -0.365. The highest BCUT2D eigenvalue weighted by atomic mass is 32.2. The Morgan fingerprint density at radius 2 is 1.72 bits per heavy atom. The molecular formula is C19H21FN4S. The molecule has 0 atom stereocenters. The van der Waals surface area contributed by atoms with E-state index in [4.69, 9.17) is 5.84 Å². The van der Waals surface area contributed by atoms with Gasteiger partial charge < -0.3 is 5.84 Å². The molecule has 0 saturated carbocycles. The van der Waals surface area contributed by atoms with Crippen molar-refractivity contribution < 1.29 is 4.39 Å². The summed E-state index contributed by atoms with van der Waals surface area (Å²) in [5.74, 6) is 6.73. The van der Waals surface area contributed by atoms with Gasteiger partial charge in [0.1, 0.15) is 5.82 Å². The van der Waals surface area contributed by atoms with Gasteiger partial charge in [-0.25, -0.2) is 9.07 Å². The van der Waals surface area contributed by atoms with E-state index in [-0.39, 0.29) is 11.2 Å². The minimum Gasteiger partial charge on any atom is -0.335 e. The molecule has 0 spiro atoms. The summed E-state index contributed by atoms with van der Waals surface area (Å²) < 4.78 is 15.2. The first-order valence-electron chi connectivity index (χ1n) is 8.04. The highest BCUT2D eigenvalue weighted by Crippen LogP contribution is 2.27. The molecule has 2 N–H and O–H groups in total. The maximum Gasteiger partial charge on any atom is 0.210 e. The average Bonchev–Trinajstić information content (AvgIpc) is 2.94. The van der Waals surface area contributed by atoms with Crippen LogP contribution in [0.3, 0.4) is 0 Å². The molecule has 6 heteroatoms. The first-order chi connectivity index (χ1) is 11.9. The van der Waals surface area contributed by atoms with Gasteiger partial charge in [-0.3, -0.25) is 0 Å². The van der Waals surface area contributed by atoms with Gasteiger partial charge in [0.15, 0.2) is 5.82 Å². The van der Waals surface area contributed by atoms with Crippen LogP contribution in [0.2, 0.25) is 0 Å². The number of benzene rings is 2. The SMILES string of the molecule is CC(C)(C)c1ccc(CSc2nnc(-c3ccccc3F)n2N)cc1. The van der Waals surface area contributed by atoms with E-state index in [0.29, 0.717) is 16.5 Å². The van der Waals surface area contributed by atoms with E-state index in [1.165, 1.54) is 33.6 Å². The third-order valence-corrected chi connectivity index (χ3v) is 4.98. The largest absolute Gasteiger partial charge is 0.335 e. The Morgan fingerprint density at radius 1 is 1.04 bits per heavy atom. The molecule has 1 aromatic heterocycles. The highest BCUT2D eigenvalue weighted by Gasteiger charge is 2.16. The van der Waals surface area contributed by atoms with Crippen LogP contribution in [-0.2, 0) is 11.2 Å². The lowest BCUT2D eigenvalue weighted by atomic mass is 9.87. The second-order valence-corrected chi connectivity index (χ2v) is 7.83. The number of nitrogens with zero attached hydrogens (tertiary/aromatic N) is 3. The molecule has 0 saturated heterocycles. The van der Waals surface area contributed by atoms with Gasteiger partial charge in [0, 0.05) is 5.75 Å². The topological polar surface area (TPSA) is 56.7 Å². The molecule has 0 unspecified atom stereocenters. The molecule has 3 aromatic rings. The van der Waals surface area contributed by atoms with Crippen LogP contribution >= 0.6 is 11.8 Å². The zero-order valence-corrected chi connectivity index (χ0v) is 15.3. The summed E-state index contributed by atoms with van der Waals surface area (Å²) in [4.78, 5) is 0. The Kier molecular flexibility index (Phi) is 4.81. The Hall–Kier alpha value is -2.34. The van der Waals surface area contributed by atoms with Gasteiger partial charge in [0.2, 0.25) is 5.16 Å². The molecule has 25 heavy (non-hydrogen) atoms. The fraction of sp³-hybridized carbons (Fsp3) is 0.263. The number of nitrogen functional groups attached to an aromatic ring is 1. The van der Waals surface area contributed by atoms with Crippen molar-refractivity contribution in [2.45, 2.75) is 37.1 Å². The van der Waals surface area contributed by atoms with Crippen molar-refractivity contribution in [3.8, 4) is 11.4 Å². The Balaban J connectivity index is 1.74. The lowest BCUT2D eigenvalue weighted by molar-refractivity contribution is 0.590. The van der Waals surface area contributed by atoms with E-state index in [1.54, 1.807) is 18.2 Å². The van der Waals surface area contributed by atoms with Crippen molar-refractivity contribution in [2.24, 2.45) is 0 Å². The number of hydrogen-bond acceptors (Lipinski definition) is 4. The average molecular weight is 356 g/mol. The van der Waals surface area contributed by atoms with Crippen molar-refractivity contribution in [1.82, 2.24) is 14.9 Å². The van der Waals surface area contributed by atoms with Gasteiger partial charge in [-0.15, -0.1) is 10.2 Å². The predicted octanol–water partition coefficient (Wildman–Crippen LogP) is 4.39. The molecule has 4 nitrogen and oxygen atoms in total. The Labute approximate surface area is 151 Å². The van der Waals surface area contributed by atoms with E-state index in [9.17, 15) is 4.39 Å². The molecule has 0 aliphatic rings. The maximum absolute atomic E-state index is 13.9. The normalized spacial score (nSPS) is 11.7. The zero-order valence-electron chi connectivity index (χ0n) is 14.5. The first-order valence-corrected chi connectivity index (χ1v) is 9.02. The van der Waals surface area contributed by atoms with Crippen molar-refractivity contribution in [3.63, 3.8) is 0 Å². The summed E-state index contributed by atoms with van der Waals surface area (Å²) in [6.07, 6.45) is 0. The number of nitrogens with two attached hydrogens (primary N) is 1. The number of rotatable bonds is 4. The summed E-state index contributed by atoms with van der Waals surface area (Å²) in [6.45, 7) is 6.58. The Morgan fingerprint density at radius 3 is 2.36 bits per heavy atom. The molecule has 1 heterocycles. The van der Waals surface area contributed by atoms with Crippen LogP contribution in [0.15, 0.2) is 53.7 Å². The summed E-state index contributed by atoms with van der Waals surface area (Å²) in [7, 11) is 0. The van der Waals surface area contributed by atoms with Gasteiger partial charge in [0.25, 0.3) is 0 Å². The van der Waals surface area contributed by atoms with E-state index in [2.05, 4.69) is 55.2 Å². The molecule has 2 aromatic carbocycles. The minimum absolute atomic E-state index is 0.137. The van der Waals surface area contributed by atoms with Crippen LogP contribution in [0.1, 0.15) is 31.9 Å². The third-order valence-electron chi connectivity index (χ3n) is 3.97. The monoisotopic (exact) mass is 356 g/mol. The molecule has 0 amide bonds. The van der Waals surface area contributed by atoms with E-state index >= 15 is 0 Å². The van der Waals surface area contributed by atoms with Crippen molar-refractivity contribution >= 4 is 11.8 Å². The third kappa shape index (κ3) is 3.85. The smallest absolute Gasteiger partial charge is 0.210 e. The molecular weight excluding hydrogens is 335 g/mol. The van der Waals surface area contributed by atoms with Gasteiger partial charge in [-0.1, -0.05) is 68.9 Å². The predicted molar refractivity (Wildman–Crippen MR) is 100 cm³/mol. The fourth-order valence-electron chi connectivity index (χ4n) is 2.45. The van der Waals surface area contributed by atoms with Crippen LogP contribution in [-0.4, -0.2) is 14.9 Å². The molecule has 0 bridgehead atoms. The molecule has 0 fully saturated rings. The highest BCUT2D eigenvalue weighted by molar-refractivity contribution is 7.98. The second-order valence-electron chi connectivity index (χ2n) is 6.89. The van der Waals surface area contributed by atoms with Gasteiger partial charge >= 0.3 is 0 Å². The van der Waals surface area contributed by atoms with Crippen LogP contribution in [0.5, 0.6) is 0 Å². The summed E-state index contributed by atoms with van der Waals surface area (Å²) in [5, 5.41) is 8.68. The van der Waals surface area contributed by atoms with Crippen LogP contribution in [0, 0.1) is 5.82 Å². The lowest BCUT2D eigenvalue weighted by Gasteiger charge is -2.19. The van der Waals surface area contributed by atoms with Crippen LogP contribution in [0.4, 0.5) is 4.39 Å². The lowest BCUT2D eigenvalue weighted by Crippen LogP contribution is -2.12. The van der Waals surface area contributed by atoms with Gasteiger partial charge in [-0.05, 0) is 28.7 Å². The maximum atomic E-state index is 13.9. The van der Waals surface area contributed by atoms with Crippen molar-refractivity contribution in [2.75, 3.05) is 5.84 Å². The first kappa shape index (κ1) is 17.5. The van der Waals surface area contributed by atoms with Crippen LogP contribution in [0.25, 0.3) is 11.4 Å². The molecule has 3 rings (SSSR count).